The Labute approximate surface area is 145 Å². The van der Waals surface area contributed by atoms with Crippen molar-refractivity contribution in [1.82, 2.24) is 0 Å². The Bertz CT molecular complexity index is 344. The molecule has 0 rings (SSSR count). The molecule has 24 heavy (non-hydrogen) atoms. The maximum Gasteiger partial charge on any atom is 0.309 e. The Hall–Kier alpha value is -0.980. The van der Waals surface area contributed by atoms with Crippen molar-refractivity contribution >= 4 is 11.8 Å². The van der Waals surface area contributed by atoms with Crippen molar-refractivity contribution < 1.29 is 29.2 Å². The highest BCUT2D eigenvalue weighted by atomic mass is 17.2. The van der Waals surface area contributed by atoms with Gasteiger partial charge in [-0.3, -0.25) is 9.59 Å². The van der Waals surface area contributed by atoms with Gasteiger partial charge in [0.25, 0.3) is 0 Å². The molecule has 0 aromatic carbocycles. The summed E-state index contributed by atoms with van der Waals surface area (Å²) >= 11 is 0. The molecule has 0 aliphatic carbocycles. The molecule has 0 aromatic heterocycles. The van der Waals surface area contributed by atoms with Gasteiger partial charge in [0, 0.05) is 12.8 Å². The van der Waals surface area contributed by atoms with Crippen molar-refractivity contribution in [1.29, 1.82) is 0 Å². The van der Waals surface area contributed by atoms with Crippen LogP contribution < -0.4 is 0 Å². The molecule has 0 heterocycles. The number of ketones is 1. The fraction of sp³-hybridized carbons (Fsp3) is 0.889. The third-order valence-corrected chi connectivity index (χ3v) is 3.74. The summed E-state index contributed by atoms with van der Waals surface area (Å²) in [5.74, 6) is -0.892. The quantitative estimate of drug-likeness (QED) is 0.200. The lowest BCUT2D eigenvalue weighted by Crippen LogP contribution is -2.42. The molecule has 1 N–H and O–H groups in total. The second-order valence-corrected chi connectivity index (χ2v) is 6.06. The van der Waals surface area contributed by atoms with Crippen LogP contribution in [0.25, 0.3) is 0 Å². The highest BCUT2D eigenvalue weighted by Crippen LogP contribution is 2.21. The zero-order valence-electron chi connectivity index (χ0n) is 15.5. The van der Waals surface area contributed by atoms with Gasteiger partial charge >= 0.3 is 5.97 Å². The monoisotopic (exact) mass is 346 g/mol. The number of hydrogen-bond donors (Lipinski definition) is 1. The summed E-state index contributed by atoms with van der Waals surface area (Å²) in [7, 11) is 0. The first-order valence-corrected chi connectivity index (χ1v) is 9.15. The molecule has 1 atom stereocenters. The van der Waals surface area contributed by atoms with Crippen molar-refractivity contribution in [3.63, 3.8) is 0 Å². The van der Waals surface area contributed by atoms with Crippen LogP contribution in [0.2, 0.25) is 0 Å². The maximum atomic E-state index is 12.3. The van der Waals surface area contributed by atoms with Gasteiger partial charge in [-0.25, -0.2) is 9.78 Å². The third kappa shape index (κ3) is 10.7. The van der Waals surface area contributed by atoms with E-state index < -0.39 is 11.6 Å². The molecule has 0 fully saturated rings. The normalized spacial score (nSPS) is 13.5. The lowest BCUT2D eigenvalue weighted by atomic mass is 9.88. The molecular weight excluding hydrogens is 312 g/mol. The molecule has 6 heteroatoms. The van der Waals surface area contributed by atoms with Crippen LogP contribution in [0, 0.1) is 0 Å². The van der Waals surface area contributed by atoms with Crippen LogP contribution in [0.15, 0.2) is 0 Å². The summed E-state index contributed by atoms with van der Waals surface area (Å²) in [6.45, 7) is 6.84. The number of unbranched alkanes of at least 4 members (excludes halogenated alkanes) is 3. The molecule has 142 valence electrons. The topological polar surface area (TPSA) is 82.1 Å². The zero-order valence-corrected chi connectivity index (χ0v) is 15.5. The molecule has 0 spiro atoms. The number of esters is 1. The molecule has 0 bridgehead atoms. The van der Waals surface area contributed by atoms with E-state index in [9.17, 15) is 14.7 Å². The Balaban J connectivity index is 4.47. The van der Waals surface area contributed by atoms with E-state index >= 15 is 0 Å². The number of carbonyl (C=O) groups excluding carboxylic acids is 2. The Morgan fingerprint density at radius 3 is 2.08 bits per heavy atom. The van der Waals surface area contributed by atoms with Gasteiger partial charge in [-0.1, -0.05) is 40.0 Å². The molecule has 0 aliphatic heterocycles. The summed E-state index contributed by atoms with van der Waals surface area (Å²) in [6.07, 6.45) is 5.00. The summed E-state index contributed by atoms with van der Waals surface area (Å²) in [5, 5.41) is 10.7. The first-order chi connectivity index (χ1) is 11.5. The molecule has 0 amide bonds. The summed E-state index contributed by atoms with van der Waals surface area (Å²) in [6, 6.07) is 0. The molecule has 0 aromatic rings. The van der Waals surface area contributed by atoms with E-state index in [1.807, 2.05) is 20.8 Å². The van der Waals surface area contributed by atoms with Crippen molar-refractivity contribution in [2.24, 2.45) is 0 Å². The number of hydrogen-bond acceptors (Lipinski definition) is 6. The van der Waals surface area contributed by atoms with Crippen LogP contribution in [0.1, 0.15) is 78.6 Å². The predicted molar refractivity (Wildman–Crippen MR) is 91.4 cm³/mol. The number of Topliss-reactive ketones (excluding diaryl/α,β-unsaturated/α-hetero) is 1. The fourth-order valence-electron chi connectivity index (χ4n) is 2.05. The first kappa shape index (κ1) is 23.0. The summed E-state index contributed by atoms with van der Waals surface area (Å²) < 4.78 is 5.07. The van der Waals surface area contributed by atoms with E-state index in [0.717, 1.165) is 32.1 Å². The van der Waals surface area contributed by atoms with E-state index in [1.165, 1.54) is 0 Å². The van der Waals surface area contributed by atoms with Gasteiger partial charge < -0.3 is 9.84 Å². The largest absolute Gasteiger partial charge is 0.466 e. The van der Waals surface area contributed by atoms with Crippen LogP contribution in [0.3, 0.4) is 0 Å². The van der Waals surface area contributed by atoms with Gasteiger partial charge in [0.15, 0.2) is 5.78 Å². The SMILES string of the molecule is CCCCOOCCC(O)(CC(=O)OCCCC)C(=O)CCCC. The molecule has 0 saturated heterocycles. The van der Waals surface area contributed by atoms with Crippen molar-refractivity contribution in [3.8, 4) is 0 Å². The van der Waals surface area contributed by atoms with Gasteiger partial charge in [0.2, 0.25) is 0 Å². The highest BCUT2D eigenvalue weighted by Gasteiger charge is 2.37. The van der Waals surface area contributed by atoms with Crippen LogP contribution in [0.5, 0.6) is 0 Å². The maximum absolute atomic E-state index is 12.3. The summed E-state index contributed by atoms with van der Waals surface area (Å²) in [5.41, 5.74) is -1.74. The molecule has 0 radical (unpaired) electrons. The number of ether oxygens (including phenoxy) is 1. The van der Waals surface area contributed by atoms with Crippen molar-refractivity contribution in [3.05, 3.63) is 0 Å². The minimum atomic E-state index is -1.74. The summed E-state index contributed by atoms with van der Waals surface area (Å²) in [4.78, 5) is 34.2. The second kappa shape index (κ2) is 14.4. The molecular formula is C18H34O6. The van der Waals surface area contributed by atoms with Crippen LogP contribution in [0.4, 0.5) is 0 Å². The van der Waals surface area contributed by atoms with E-state index in [2.05, 4.69) is 0 Å². The van der Waals surface area contributed by atoms with Crippen molar-refractivity contribution in [2.45, 2.75) is 84.2 Å². The van der Waals surface area contributed by atoms with Gasteiger partial charge in [0.1, 0.15) is 5.60 Å². The van der Waals surface area contributed by atoms with Crippen LogP contribution in [-0.2, 0) is 24.1 Å². The standard InChI is InChI=1S/C18H34O6/c1-4-7-10-16(19)18(21,11-14-24-23-13-9-6-3)15-17(20)22-12-8-5-2/h21H,4-15H2,1-3H3. The van der Waals surface area contributed by atoms with Crippen molar-refractivity contribution in [2.75, 3.05) is 19.8 Å². The third-order valence-electron chi connectivity index (χ3n) is 3.74. The van der Waals surface area contributed by atoms with Crippen LogP contribution >= 0.6 is 0 Å². The van der Waals surface area contributed by atoms with E-state index in [1.54, 1.807) is 0 Å². The minimum absolute atomic E-state index is 0.0184. The van der Waals surface area contributed by atoms with Crippen LogP contribution in [-0.4, -0.2) is 42.3 Å². The smallest absolute Gasteiger partial charge is 0.309 e. The molecule has 1 unspecified atom stereocenters. The Morgan fingerprint density at radius 1 is 0.875 bits per heavy atom. The van der Waals surface area contributed by atoms with E-state index in [0.29, 0.717) is 19.6 Å². The average Bonchev–Trinajstić information content (AvgIpc) is 2.56. The number of aliphatic hydroxyl groups is 1. The average molecular weight is 346 g/mol. The first-order valence-electron chi connectivity index (χ1n) is 9.15. The van der Waals surface area contributed by atoms with Gasteiger partial charge in [0.05, 0.1) is 26.2 Å². The van der Waals surface area contributed by atoms with E-state index in [4.69, 9.17) is 14.5 Å². The van der Waals surface area contributed by atoms with Gasteiger partial charge in [-0.05, 0) is 19.3 Å². The zero-order chi connectivity index (χ0) is 18.3. The molecule has 0 aliphatic rings. The molecule has 0 saturated carbocycles. The van der Waals surface area contributed by atoms with Gasteiger partial charge in [-0.2, -0.15) is 0 Å². The van der Waals surface area contributed by atoms with E-state index in [-0.39, 0.29) is 31.7 Å². The minimum Gasteiger partial charge on any atom is -0.466 e. The Morgan fingerprint density at radius 2 is 1.46 bits per heavy atom. The lowest BCUT2D eigenvalue weighted by molar-refractivity contribution is -0.298. The highest BCUT2D eigenvalue weighted by molar-refractivity contribution is 5.91. The number of carbonyl (C=O) groups is 2. The molecule has 6 nitrogen and oxygen atoms in total. The fourth-order valence-corrected chi connectivity index (χ4v) is 2.05. The lowest BCUT2D eigenvalue weighted by Gasteiger charge is -2.25. The Kier molecular flexibility index (Phi) is 13.8. The second-order valence-electron chi connectivity index (χ2n) is 6.06. The number of rotatable bonds is 16. The predicted octanol–water partition coefficient (Wildman–Crippen LogP) is 3.35. The van der Waals surface area contributed by atoms with Gasteiger partial charge in [-0.15, -0.1) is 0 Å².